The zero-order chi connectivity index (χ0) is 11.7. The van der Waals surface area contributed by atoms with Crippen LogP contribution in [0.4, 0.5) is 0 Å². The number of pyridine rings is 1. The van der Waals surface area contributed by atoms with Gasteiger partial charge in [0.2, 0.25) is 0 Å². The van der Waals surface area contributed by atoms with Crippen LogP contribution in [0.15, 0.2) is 24.8 Å². The first-order valence-electron chi connectivity index (χ1n) is 4.48. The van der Waals surface area contributed by atoms with Crippen LogP contribution in [-0.4, -0.2) is 44.5 Å². The van der Waals surface area contributed by atoms with Gasteiger partial charge in [-0.15, -0.1) is 0 Å². The van der Waals surface area contributed by atoms with Crippen molar-refractivity contribution in [1.29, 1.82) is 0 Å². The first kappa shape index (κ1) is 13.8. The molecule has 84 valence electrons. The van der Waals surface area contributed by atoms with Gasteiger partial charge in [-0.1, -0.05) is 11.6 Å². The summed E-state index contributed by atoms with van der Waals surface area (Å²) in [5.74, 6) is -0.588. The van der Waals surface area contributed by atoms with Crippen LogP contribution in [0, 0.1) is 6.92 Å². The fourth-order valence-corrected chi connectivity index (χ4v) is 1.54. The summed E-state index contributed by atoms with van der Waals surface area (Å²) in [6.07, 6.45) is 4.59. The Morgan fingerprint density at radius 1 is 1.47 bits per heavy atom. The molecule has 0 aliphatic heterocycles. The third kappa shape index (κ3) is 2.89. The molecule has 0 spiro atoms. The molecule has 0 aliphatic carbocycles. The molecule has 0 radical (unpaired) electrons. The summed E-state index contributed by atoms with van der Waals surface area (Å²) in [5, 5.41) is 9.03. The predicted octanol–water partition coefficient (Wildman–Crippen LogP) is 1.28. The number of hydrogen-bond acceptors (Lipinski definition) is 3. The van der Waals surface area contributed by atoms with E-state index in [0.717, 1.165) is 5.69 Å². The molecule has 2 aromatic heterocycles. The van der Waals surface area contributed by atoms with Crippen LogP contribution in [0.1, 0.15) is 16.1 Å². The Labute approximate surface area is 115 Å². The first-order chi connectivity index (χ1) is 7.58. The van der Waals surface area contributed by atoms with Crippen LogP contribution in [0.25, 0.3) is 5.82 Å². The first-order valence-corrected chi connectivity index (χ1v) is 4.85. The van der Waals surface area contributed by atoms with Crippen molar-refractivity contribution >= 4 is 36.4 Å². The zero-order valence-electron chi connectivity index (χ0n) is 8.38. The average molecular weight is 246 g/mol. The maximum absolute atomic E-state index is 10.7. The van der Waals surface area contributed by atoms with Gasteiger partial charge in [-0.3, -0.25) is 4.57 Å². The number of aromatic carboxylic acids is 1. The van der Waals surface area contributed by atoms with Gasteiger partial charge in [-0.2, -0.15) is 0 Å². The van der Waals surface area contributed by atoms with E-state index in [0.29, 0.717) is 5.82 Å². The number of rotatable bonds is 2. The number of carboxylic acids is 1. The predicted molar refractivity (Wildman–Crippen MR) is 65.2 cm³/mol. The summed E-state index contributed by atoms with van der Waals surface area (Å²) in [6, 6.07) is 1.36. The minimum absolute atomic E-state index is 0. The molecule has 0 aromatic carbocycles. The Hall–Kier alpha value is -1.28. The molecule has 0 saturated heterocycles. The van der Waals surface area contributed by atoms with Gasteiger partial charge in [-0.25, -0.2) is 14.8 Å². The van der Waals surface area contributed by atoms with Crippen molar-refractivity contribution in [1.82, 2.24) is 14.5 Å². The van der Waals surface area contributed by atoms with E-state index in [1.54, 1.807) is 17.1 Å². The number of carboxylic acid groups (broad SMARTS) is 1. The number of hydrogen-bond donors (Lipinski definition) is 1. The molecule has 1 N–H and O–H groups in total. The van der Waals surface area contributed by atoms with Crippen molar-refractivity contribution in [3.8, 4) is 5.82 Å². The standard InChI is InChI=1S/C10H8ClN3O2.Li.H/c1-6-4-14(5-13-6)9-8(11)2-7(3-12-9)10(15)16;;/h2-5H,1H3,(H,15,16);;. The molecule has 7 heteroatoms. The number of imidazole rings is 1. The van der Waals surface area contributed by atoms with Gasteiger partial charge in [0.05, 0.1) is 16.3 Å². The van der Waals surface area contributed by atoms with Crippen molar-refractivity contribution in [2.75, 3.05) is 0 Å². The Morgan fingerprint density at radius 2 is 2.18 bits per heavy atom. The number of aryl methyl sites for hydroxylation is 1. The second-order valence-corrected chi connectivity index (χ2v) is 3.66. The molecule has 2 heterocycles. The summed E-state index contributed by atoms with van der Waals surface area (Å²) in [4.78, 5) is 18.7. The van der Waals surface area contributed by atoms with E-state index in [2.05, 4.69) is 9.97 Å². The molecule has 2 aromatic rings. The Kier molecular flexibility index (Phi) is 4.35. The van der Waals surface area contributed by atoms with Crippen LogP contribution < -0.4 is 0 Å². The van der Waals surface area contributed by atoms with Gasteiger partial charge in [0.1, 0.15) is 6.33 Å². The van der Waals surface area contributed by atoms with Gasteiger partial charge in [0.15, 0.2) is 5.82 Å². The minimum atomic E-state index is -1.05. The second kappa shape index (κ2) is 5.37. The molecule has 0 amide bonds. The van der Waals surface area contributed by atoms with E-state index in [-0.39, 0.29) is 29.4 Å². The van der Waals surface area contributed by atoms with Gasteiger partial charge in [0.25, 0.3) is 0 Å². The Bertz CT molecular complexity index is 556. The third-order valence-electron chi connectivity index (χ3n) is 2.02. The quantitative estimate of drug-likeness (QED) is 0.810. The van der Waals surface area contributed by atoms with E-state index < -0.39 is 5.97 Å². The third-order valence-corrected chi connectivity index (χ3v) is 2.30. The Balaban J connectivity index is 0.00000144. The fourth-order valence-electron chi connectivity index (χ4n) is 1.27. The van der Waals surface area contributed by atoms with Gasteiger partial charge in [0, 0.05) is 12.4 Å². The molecule has 17 heavy (non-hydrogen) atoms. The molecule has 0 bridgehead atoms. The molecular formula is C10H9ClLiN3O2. The molecule has 0 unspecified atom stereocenters. The van der Waals surface area contributed by atoms with Crippen molar-refractivity contribution in [3.05, 3.63) is 41.1 Å². The molecule has 0 saturated carbocycles. The van der Waals surface area contributed by atoms with E-state index >= 15 is 0 Å². The fraction of sp³-hybridized carbons (Fsp3) is 0.100. The molecule has 2 rings (SSSR count). The number of carbonyl (C=O) groups is 1. The molecule has 0 atom stereocenters. The number of halogens is 1. The normalized spacial score (nSPS) is 9.76. The average Bonchev–Trinajstić information content (AvgIpc) is 2.64. The summed E-state index contributed by atoms with van der Waals surface area (Å²) in [5.41, 5.74) is 0.894. The van der Waals surface area contributed by atoms with E-state index in [1.165, 1.54) is 12.3 Å². The van der Waals surface area contributed by atoms with Crippen LogP contribution >= 0.6 is 11.6 Å². The van der Waals surface area contributed by atoms with E-state index in [4.69, 9.17) is 16.7 Å². The monoisotopic (exact) mass is 245 g/mol. The zero-order valence-corrected chi connectivity index (χ0v) is 9.14. The molecular weight excluding hydrogens is 237 g/mol. The van der Waals surface area contributed by atoms with Gasteiger partial charge >= 0.3 is 24.8 Å². The van der Waals surface area contributed by atoms with Gasteiger partial charge in [-0.05, 0) is 13.0 Å². The van der Waals surface area contributed by atoms with Crippen LogP contribution in [0.2, 0.25) is 5.02 Å². The van der Waals surface area contributed by atoms with Crippen molar-refractivity contribution in [3.63, 3.8) is 0 Å². The summed E-state index contributed by atoms with van der Waals surface area (Å²) < 4.78 is 1.64. The van der Waals surface area contributed by atoms with Crippen LogP contribution in [0.3, 0.4) is 0 Å². The summed E-state index contributed by atoms with van der Waals surface area (Å²) in [6.45, 7) is 1.84. The number of aromatic nitrogens is 3. The summed E-state index contributed by atoms with van der Waals surface area (Å²) in [7, 11) is 0. The maximum atomic E-state index is 10.7. The van der Waals surface area contributed by atoms with E-state index in [9.17, 15) is 4.79 Å². The Morgan fingerprint density at radius 3 is 2.65 bits per heavy atom. The second-order valence-electron chi connectivity index (χ2n) is 3.26. The van der Waals surface area contributed by atoms with Crippen LogP contribution in [-0.2, 0) is 0 Å². The van der Waals surface area contributed by atoms with Crippen molar-refractivity contribution < 1.29 is 9.90 Å². The topological polar surface area (TPSA) is 68.0 Å². The molecule has 5 nitrogen and oxygen atoms in total. The SMILES string of the molecule is Cc1cn(-c2ncc(C(=O)O)cc2Cl)cn1.[LiH]. The van der Waals surface area contributed by atoms with Crippen LogP contribution in [0.5, 0.6) is 0 Å². The molecule has 0 aliphatic rings. The number of nitrogens with zero attached hydrogens (tertiary/aromatic N) is 3. The van der Waals surface area contributed by atoms with Crippen molar-refractivity contribution in [2.24, 2.45) is 0 Å². The van der Waals surface area contributed by atoms with Crippen molar-refractivity contribution in [2.45, 2.75) is 6.92 Å². The van der Waals surface area contributed by atoms with Gasteiger partial charge < -0.3 is 5.11 Å². The van der Waals surface area contributed by atoms with E-state index in [1.807, 2.05) is 6.92 Å². The summed E-state index contributed by atoms with van der Waals surface area (Å²) >= 11 is 5.94. The molecule has 0 fully saturated rings.